The molecule has 0 aliphatic heterocycles. The van der Waals surface area contributed by atoms with Gasteiger partial charge < -0.3 is 15.5 Å². The normalized spacial score (nSPS) is 12.3. The molecular formula is C15H16FNO2. The quantitative estimate of drug-likeness (QED) is 0.792. The molecule has 3 N–H and O–H groups in total. The van der Waals surface area contributed by atoms with Gasteiger partial charge in [-0.05, 0) is 30.7 Å². The molecule has 2 aromatic rings. The van der Waals surface area contributed by atoms with Crippen LogP contribution in [0.15, 0.2) is 42.5 Å². The fourth-order valence-electron chi connectivity index (χ4n) is 1.83. The molecule has 0 radical (unpaired) electrons. The molecule has 0 fully saturated rings. The SMILES string of the molecule is CC(NCc1ccc(O)cc1O)c1ccc(F)cc1. The van der Waals surface area contributed by atoms with Crippen molar-refractivity contribution in [2.45, 2.75) is 19.5 Å². The van der Waals surface area contributed by atoms with Crippen LogP contribution in [-0.2, 0) is 6.54 Å². The van der Waals surface area contributed by atoms with Crippen LogP contribution >= 0.6 is 0 Å². The largest absolute Gasteiger partial charge is 0.508 e. The number of aromatic hydroxyl groups is 2. The monoisotopic (exact) mass is 261 g/mol. The van der Waals surface area contributed by atoms with Crippen LogP contribution in [0.1, 0.15) is 24.1 Å². The lowest BCUT2D eigenvalue weighted by atomic mass is 10.1. The maximum absolute atomic E-state index is 12.8. The number of nitrogens with one attached hydrogen (secondary N) is 1. The summed E-state index contributed by atoms with van der Waals surface area (Å²) in [4.78, 5) is 0. The molecule has 0 saturated carbocycles. The number of benzene rings is 2. The maximum atomic E-state index is 12.8. The predicted molar refractivity (Wildman–Crippen MR) is 71.4 cm³/mol. The number of phenolic OH excluding ortho intramolecular Hbond substituents is 2. The van der Waals surface area contributed by atoms with E-state index < -0.39 is 0 Å². The van der Waals surface area contributed by atoms with Crippen molar-refractivity contribution >= 4 is 0 Å². The molecule has 0 aromatic heterocycles. The Morgan fingerprint density at radius 2 is 1.79 bits per heavy atom. The van der Waals surface area contributed by atoms with Crippen molar-refractivity contribution in [1.29, 1.82) is 0 Å². The molecular weight excluding hydrogens is 245 g/mol. The number of rotatable bonds is 4. The Hall–Kier alpha value is -2.07. The minimum atomic E-state index is -0.257. The summed E-state index contributed by atoms with van der Waals surface area (Å²) in [5.74, 6) is -0.168. The average Bonchev–Trinajstić information content (AvgIpc) is 2.38. The van der Waals surface area contributed by atoms with E-state index in [0.29, 0.717) is 12.1 Å². The van der Waals surface area contributed by atoms with Gasteiger partial charge in [0.15, 0.2) is 0 Å². The molecule has 3 nitrogen and oxygen atoms in total. The first-order valence-electron chi connectivity index (χ1n) is 6.06. The Morgan fingerprint density at radius 3 is 2.42 bits per heavy atom. The smallest absolute Gasteiger partial charge is 0.123 e. The minimum absolute atomic E-state index is 0.0350. The standard InChI is InChI=1S/C15H16FNO2/c1-10(11-2-5-13(16)6-3-11)17-9-12-4-7-14(18)8-15(12)19/h2-8,10,17-19H,9H2,1H3. The van der Waals surface area contributed by atoms with Gasteiger partial charge in [0.05, 0.1) is 0 Å². The minimum Gasteiger partial charge on any atom is -0.508 e. The van der Waals surface area contributed by atoms with Crippen LogP contribution in [0, 0.1) is 5.82 Å². The fourth-order valence-corrected chi connectivity index (χ4v) is 1.83. The van der Waals surface area contributed by atoms with E-state index in [1.165, 1.54) is 24.3 Å². The Morgan fingerprint density at radius 1 is 1.11 bits per heavy atom. The zero-order valence-corrected chi connectivity index (χ0v) is 10.6. The molecule has 4 heteroatoms. The molecule has 0 spiro atoms. The lowest BCUT2D eigenvalue weighted by Gasteiger charge is -2.15. The van der Waals surface area contributed by atoms with E-state index >= 15 is 0 Å². The summed E-state index contributed by atoms with van der Waals surface area (Å²) in [6, 6.07) is 10.8. The van der Waals surface area contributed by atoms with Crippen LogP contribution in [0.5, 0.6) is 11.5 Å². The van der Waals surface area contributed by atoms with E-state index in [0.717, 1.165) is 5.56 Å². The van der Waals surface area contributed by atoms with Crippen molar-refractivity contribution in [3.63, 3.8) is 0 Å². The Kier molecular flexibility index (Phi) is 4.02. The first kappa shape index (κ1) is 13.4. The molecule has 2 aromatic carbocycles. The lowest BCUT2D eigenvalue weighted by Crippen LogP contribution is -2.18. The summed E-state index contributed by atoms with van der Waals surface area (Å²) in [7, 11) is 0. The summed E-state index contributed by atoms with van der Waals surface area (Å²) < 4.78 is 12.8. The van der Waals surface area contributed by atoms with E-state index in [2.05, 4.69) is 5.32 Å². The summed E-state index contributed by atoms with van der Waals surface area (Å²) in [5.41, 5.74) is 1.67. The van der Waals surface area contributed by atoms with Gasteiger partial charge in [-0.1, -0.05) is 18.2 Å². The van der Waals surface area contributed by atoms with Crippen LogP contribution in [0.3, 0.4) is 0 Å². The summed E-state index contributed by atoms with van der Waals surface area (Å²) >= 11 is 0. The van der Waals surface area contributed by atoms with Gasteiger partial charge in [0, 0.05) is 24.2 Å². The summed E-state index contributed by atoms with van der Waals surface area (Å²) in [5, 5.41) is 22.1. The molecule has 0 heterocycles. The van der Waals surface area contributed by atoms with Crippen molar-refractivity contribution in [3.05, 3.63) is 59.4 Å². The number of phenols is 2. The summed E-state index contributed by atoms with van der Waals surface area (Å²) in [6.45, 7) is 2.43. The number of halogens is 1. The van der Waals surface area contributed by atoms with Crippen LogP contribution < -0.4 is 5.32 Å². The van der Waals surface area contributed by atoms with Crippen LogP contribution in [0.2, 0.25) is 0 Å². The van der Waals surface area contributed by atoms with Crippen LogP contribution in [-0.4, -0.2) is 10.2 Å². The molecule has 0 amide bonds. The van der Waals surface area contributed by atoms with Gasteiger partial charge in [-0.3, -0.25) is 0 Å². The van der Waals surface area contributed by atoms with Crippen molar-refractivity contribution in [2.75, 3.05) is 0 Å². The van der Waals surface area contributed by atoms with Gasteiger partial charge in [-0.25, -0.2) is 4.39 Å². The van der Waals surface area contributed by atoms with E-state index in [4.69, 9.17) is 0 Å². The third-order valence-electron chi connectivity index (χ3n) is 3.04. The third-order valence-corrected chi connectivity index (χ3v) is 3.04. The second-order valence-electron chi connectivity index (χ2n) is 4.47. The van der Waals surface area contributed by atoms with E-state index in [1.807, 2.05) is 6.92 Å². The maximum Gasteiger partial charge on any atom is 0.123 e. The molecule has 19 heavy (non-hydrogen) atoms. The molecule has 100 valence electrons. The first-order chi connectivity index (χ1) is 9.06. The second-order valence-corrected chi connectivity index (χ2v) is 4.47. The molecule has 0 aliphatic carbocycles. The second kappa shape index (κ2) is 5.71. The third kappa shape index (κ3) is 3.45. The van der Waals surface area contributed by atoms with E-state index in [1.54, 1.807) is 18.2 Å². The van der Waals surface area contributed by atoms with E-state index in [9.17, 15) is 14.6 Å². The lowest BCUT2D eigenvalue weighted by molar-refractivity contribution is 0.441. The average molecular weight is 261 g/mol. The zero-order valence-electron chi connectivity index (χ0n) is 10.6. The van der Waals surface area contributed by atoms with Gasteiger partial charge in [0.25, 0.3) is 0 Å². The van der Waals surface area contributed by atoms with Gasteiger partial charge in [0.2, 0.25) is 0 Å². The highest BCUT2D eigenvalue weighted by Crippen LogP contribution is 2.23. The van der Waals surface area contributed by atoms with Gasteiger partial charge in [-0.15, -0.1) is 0 Å². The highest BCUT2D eigenvalue weighted by Gasteiger charge is 2.07. The molecule has 1 unspecified atom stereocenters. The van der Waals surface area contributed by atoms with Gasteiger partial charge in [-0.2, -0.15) is 0 Å². The van der Waals surface area contributed by atoms with E-state index in [-0.39, 0.29) is 23.4 Å². The topological polar surface area (TPSA) is 52.5 Å². The van der Waals surface area contributed by atoms with Crippen LogP contribution in [0.4, 0.5) is 4.39 Å². The molecule has 0 saturated heterocycles. The first-order valence-corrected chi connectivity index (χ1v) is 6.06. The zero-order chi connectivity index (χ0) is 13.8. The van der Waals surface area contributed by atoms with Crippen molar-refractivity contribution < 1.29 is 14.6 Å². The number of hydrogen-bond donors (Lipinski definition) is 3. The Bertz CT molecular complexity index is 555. The molecule has 2 rings (SSSR count). The predicted octanol–water partition coefficient (Wildman–Crippen LogP) is 3.09. The number of hydrogen-bond acceptors (Lipinski definition) is 3. The highest BCUT2D eigenvalue weighted by atomic mass is 19.1. The molecule has 0 aliphatic rings. The van der Waals surface area contributed by atoms with Gasteiger partial charge in [0.1, 0.15) is 17.3 Å². The van der Waals surface area contributed by atoms with Gasteiger partial charge >= 0.3 is 0 Å². The fraction of sp³-hybridized carbons (Fsp3) is 0.200. The van der Waals surface area contributed by atoms with Crippen molar-refractivity contribution in [1.82, 2.24) is 5.32 Å². The van der Waals surface area contributed by atoms with Crippen molar-refractivity contribution in [3.8, 4) is 11.5 Å². The molecule has 0 bridgehead atoms. The highest BCUT2D eigenvalue weighted by molar-refractivity contribution is 5.38. The Labute approximate surface area is 111 Å². The Balaban J connectivity index is 2.00. The molecule has 1 atom stereocenters. The summed E-state index contributed by atoms with van der Waals surface area (Å²) in [6.07, 6.45) is 0. The van der Waals surface area contributed by atoms with Crippen LogP contribution in [0.25, 0.3) is 0 Å². The van der Waals surface area contributed by atoms with Crippen molar-refractivity contribution in [2.24, 2.45) is 0 Å².